The van der Waals surface area contributed by atoms with Crippen molar-refractivity contribution in [3.05, 3.63) is 11.6 Å². The quantitative estimate of drug-likeness (QED) is 0.588. The van der Waals surface area contributed by atoms with Crippen LogP contribution in [0.5, 0.6) is 0 Å². The number of hydrogen-bond acceptors (Lipinski definition) is 1. The van der Waals surface area contributed by atoms with E-state index in [-0.39, 0.29) is 0 Å². The van der Waals surface area contributed by atoms with Crippen LogP contribution < -0.4 is 0 Å². The molecule has 1 aliphatic rings. The maximum Gasteiger partial charge on any atom is 0.0654 e. The van der Waals surface area contributed by atoms with E-state index < -0.39 is 0 Å². The van der Waals surface area contributed by atoms with Crippen LogP contribution in [-0.4, -0.2) is 12.7 Å². The van der Waals surface area contributed by atoms with Crippen LogP contribution in [-0.2, 0) is 4.74 Å². The molecule has 2 unspecified atom stereocenters. The van der Waals surface area contributed by atoms with Crippen molar-refractivity contribution < 1.29 is 4.74 Å². The van der Waals surface area contributed by atoms with Gasteiger partial charge in [0.2, 0.25) is 0 Å². The van der Waals surface area contributed by atoms with Gasteiger partial charge in [-0.15, -0.1) is 0 Å². The van der Waals surface area contributed by atoms with E-state index >= 15 is 0 Å². The van der Waals surface area contributed by atoms with E-state index in [9.17, 15) is 0 Å². The van der Waals surface area contributed by atoms with Gasteiger partial charge in [0.25, 0.3) is 0 Å². The fraction of sp³-hybridized carbons (Fsp3) is 0.818. The molecule has 0 saturated carbocycles. The van der Waals surface area contributed by atoms with Gasteiger partial charge in [0, 0.05) is 5.92 Å². The van der Waals surface area contributed by atoms with Crippen molar-refractivity contribution in [2.45, 2.75) is 46.1 Å². The van der Waals surface area contributed by atoms with Crippen LogP contribution in [0.3, 0.4) is 0 Å². The van der Waals surface area contributed by atoms with Gasteiger partial charge in [0.15, 0.2) is 0 Å². The molecule has 0 radical (unpaired) electrons. The first kappa shape index (κ1) is 9.79. The zero-order chi connectivity index (χ0) is 8.97. The minimum Gasteiger partial charge on any atom is -0.374 e. The van der Waals surface area contributed by atoms with E-state index in [4.69, 9.17) is 4.74 Å². The Morgan fingerprint density at radius 2 is 2.33 bits per heavy atom. The molecule has 1 heterocycles. The van der Waals surface area contributed by atoms with E-state index in [1.807, 2.05) is 0 Å². The Morgan fingerprint density at radius 1 is 1.58 bits per heavy atom. The summed E-state index contributed by atoms with van der Waals surface area (Å²) in [5, 5.41) is 0. The van der Waals surface area contributed by atoms with Crippen molar-refractivity contribution in [3.8, 4) is 0 Å². The van der Waals surface area contributed by atoms with Gasteiger partial charge in [-0.2, -0.15) is 0 Å². The summed E-state index contributed by atoms with van der Waals surface area (Å²) >= 11 is 0. The van der Waals surface area contributed by atoms with Crippen LogP contribution in [0.1, 0.15) is 40.0 Å². The molecule has 0 N–H and O–H groups in total. The molecule has 1 heteroatoms. The van der Waals surface area contributed by atoms with Gasteiger partial charge >= 0.3 is 0 Å². The van der Waals surface area contributed by atoms with Crippen molar-refractivity contribution in [2.75, 3.05) is 6.61 Å². The highest BCUT2D eigenvalue weighted by molar-refractivity contribution is 5.08. The summed E-state index contributed by atoms with van der Waals surface area (Å²) in [6.45, 7) is 7.49. The summed E-state index contributed by atoms with van der Waals surface area (Å²) in [6.07, 6.45) is 6.56. The first-order chi connectivity index (χ1) is 5.75. The number of hydrogen-bond donors (Lipinski definition) is 0. The SMILES string of the molecule is CCCCC1C(C)=CCOC1C. The molecule has 0 aromatic heterocycles. The van der Waals surface area contributed by atoms with Crippen LogP contribution in [0.2, 0.25) is 0 Å². The summed E-state index contributed by atoms with van der Waals surface area (Å²) in [4.78, 5) is 0. The molecule has 12 heavy (non-hydrogen) atoms. The van der Waals surface area contributed by atoms with Crippen LogP contribution in [0, 0.1) is 5.92 Å². The molecule has 0 aliphatic carbocycles. The lowest BCUT2D eigenvalue weighted by molar-refractivity contribution is 0.0383. The van der Waals surface area contributed by atoms with Crippen molar-refractivity contribution in [1.82, 2.24) is 0 Å². The van der Waals surface area contributed by atoms with Crippen molar-refractivity contribution in [3.63, 3.8) is 0 Å². The highest BCUT2D eigenvalue weighted by atomic mass is 16.5. The van der Waals surface area contributed by atoms with Gasteiger partial charge in [-0.1, -0.05) is 31.4 Å². The highest BCUT2D eigenvalue weighted by Crippen LogP contribution is 2.26. The predicted octanol–water partition coefficient (Wildman–Crippen LogP) is 3.16. The van der Waals surface area contributed by atoms with Crippen LogP contribution in [0.25, 0.3) is 0 Å². The topological polar surface area (TPSA) is 9.23 Å². The molecule has 0 amide bonds. The fourth-order valence-corrected chi connectivity index (χ4v) is 1.86. The molecule has 0 aromatic rings. The third-order valence-corrected chi connectivity index (χ3v) is 2.78. The largest absolute Gasteiger partial charge is 0.374 e. The zero-order valence-electron chi connectivity index (χ0n) is 8.47. The van der Waals surface area contributed by atoms with Gasteiger partial charge in [-0.25, -0.2) is 0 Å². The lowest BCUT2D eigenvalue weighted by atomic mass is 9.88. The first-order valence-electron chi connectivity index (χ1n) is 5.04. The van der Waals surface area contributed by atoms with Crippen LogP contribution in [0.15, 0.2) is 11.6 Å². The molecule has 0 spiro atoms. The Balaban J connectivity index is 2.46. The molecule has 0 bridgehead atoms. The summed E-state index contributed by atoms with van der Waals surface area (Å²) in [5.41, 5.74) is 1.53. The number of rotatable bonds is 3. The maximum absolute atomic E-state index is 5.58. The summed E-state index contributed by atoms with van der Waals surface area (Å²) in [6, 6.07) is 0. The van der Waals surface area contributed by atoms with Crippen LogP contribution >= 0.6 is 0 Å². The lowest BCUT2D eigenvalue weighted by Crippen LogP contribution is -2.26. The molecule has 0 fully saturated rings. The highest BCUT2D eigenvalue weighted by Gasteiger charge is 2.21. The average Bonchev–Trinajstić information content (AvgIpc) is 2.04. The number of ether oxygens (including phenoxy) is 1. The van der Waals surface area contributed by atoms with Gasteiger partial charge in [-0.05, 0) is 20.3 Å². The van der Waals surface area contributed by atoms with E-state index in [0.29, 0.717) is 12.0 Å². The maximum atomic E-state index is 5.58. The monoisotopic (exact) mass is 168 g/mol. The third-order valence-electron chi connectivity index (χ3n) is 2.78. The number of unbranched alkanes of at least 4 members (excludes halogenated alkanes) is 1. The van der Waals surface area contributed by atoms with Crippen LogP contribution in [0.4, 0.5) is 0 Å². The smallest absolute Gasteiger partial charge is 0.0654 e. The van der Waals surface area contributed by atoms with E-state index in [2.05, 4.69) is 26.8 Å². The standard InChI is InChI=1S/C11H20O/c1-4-5-6-11-9(2)7-8-12-10(11)3/h7,10-11H,4-6,8H2,1-3H3. The molecule has 0 aromatic carbocycles. The van der Waals surface area contributed by atoms with Gasteiger partial charge in [0.05, 0.1) is 12.7 Å². The summed E-state index contributed by atoms with van der Waals surface area (Å²) < 4.78 is 5.58. The van der Waals surface area contributed by atoms with E-state index in [1.165, 1.54) is 24.8 Å². The summed E-state index contributed by atoms with van der Waals surface area (Å²) in [5.74, 6) is 0.679. The molecular formula is C11H20O. The second-order valence-electron chi connectivity index (χ2n) is 3.74. The molecule has 1 rings (SSSR count). The predicted molar refractivity (Wildman–Crippen MR) is 52.2 cm³/mol. The third kappa shape index (κ3) is 2.34. The molecule has 2 atom stereocenters. The van der Waals surface area contributed by atoms with E-state index in [1.54, 1.807) is 0 Å². The lowest BCUT2D eigenvalue weighted by Gasteiger charge is -2.28. The van der Waals surface area contributed by atoms with Gasteiger partial charge < -0.3 is 4.74 Å². The van der Waals surface area contributed by atoms with E-state index in [0.717, 1.165) is 6.61 Å². The van der Waals surface area contributed by atoms with Crippen molar-refractivity contribution in [2.24, 2.45) is 5.92 Å². The molecule has 70 valence electrons. The molecule has 0 saturated heterocycles. The minimum atomic E-state index is 0.432. The first-order valence-corrected chi connectivity index (χ1v) is 5.04. The molecule has 1 aliphatic heterocycles. The van der Waals surface area contributed by atoms with Crippen molar-refractivity contribution in [1.29, 1.82) is 0 Å². The molecular weight excluding hydrogens is 148 g/mol. The van der Waals surface area contributed by atoms with Gasteiger partial charge in [-0.3, -0.25) is 0 Å². The van der Waals surface area contributed by atoms with Crippen molar-refractivity contribution >= 4 is 0 Å². The Bertz CT molecular complexity index is 160. The van der Waals surface area contributed by atoms with Gasteiger partial charge in [0.1, 0.15) is 0 Å². The second kappa shape index (κ2) is 4.66. The molecule has 1 nitrogen and oxygen atoms in total. The Labute approximate surface area is 75.8 Å². The zero-order valence-corrected chi connectivity index (χ0v) is 8.47. The Morgan fingerprint density at radius 3 is 2.92 bits per heavy atom. The Kier molecular flexibility index (Phi) is 3.80. The second-order valence-corrected chi connectivity index (χ2v) is 3.74. The normalized spacial score (nSPS) is 30.1. The minimum absolute atomic E-state index is 0.432. The average molecular weight is 168 g/mol. The summed E-state index contributed by atoms with van der Waals surface area (Å²) in [7, 11) is 0. The fourth-order valence-electron chi connectivity index (χ4n) is 1.86. The Hall–Kier alpha value is -0.300.